The summed E-state index contributed by atoms with van der Waals surface area (Å²) < 4.78 is 0. The highest BCUT2D eigenvalue weighted by molar-refractivity contribution is 4.93. The van der Waals surface area contributed by atoms with Crippen molar-refractivity contribution in [3.05, 3.63) is 0 Å². The van der Waals surface area contributed by atoms with E-state index in [1.165, 1.54) is 38.5 Å². The van der Waals surface area contributed by atoms with Gasteiger partial charge in [0.1, 0.15) is 0 Å². The zero-order chi connectivity index (χ0) is 10.2. The molecule has 2 aliphatic carbocycles. The normalized spacial score (nSPS) is 34.5. The maximum atomic E-state index is 3.85. The molecule has 2 atom stereocenters. The molecule has 0 heterocycles. The van der Waals surface area contributed by atoms with Crippen molar-refractivity contribution in [2.24, 2.45) is 11.3 Å². The minimum absolute atomic E-state index is 0.493. The third kappa shape index (κ3) is 2.50. The SMILES string of the molecule is CC(C)(C)[C@@H]1CCCC[C@@H]1NC1CC1. The molecule has 2 rings (SSSR count). The second-order valence-corrected chi connectivity index (χ2v) is 6.30. The zero-order valence-electron chi connectivity index (χ0n) is 9.97. The zero-order valence-corrected chi connectivity index (χ0v) is 9.97. The standard InChI is InChI=1S/C13H25N/c1-13(2,3)11-6-4-5-7-12(11)14-10-8-9-10/h10-12,14H,4-9H2,1-3H3/t11-,12+/m1/s1. The highest BCUT2D eigenvalue weighted by Crippen LogP contribution is 2.39. The molecule has 2 aliphatic rings. The molecule has 1 nitrogen and oxygen atoms in total. The molecule has 1 heteroatoms. The Morgan fingerprint density at radius 3 is 2.14 bits per heavy atom. The van der Waals surface area contributed by atoms with Crippen molar-refractivity contribution < 1.29 is 0 Å². The van der Waals surface area contributed by atoms with Gasteiger partial charge in [0.2, 0.25) is 0 Å². The second kappa shape index (κ2) is 3.84. The van der Waals surface area contributed by atoms with E-state index < -0.39 is 0 Å². The molecule has 0 aliphatic heterocycles. The second-order valence-electron chi connectivity index (χ2n) is 6.30. The summed E-state index contributed by atoms with van der Waals surface area (Å²) in [6.45, 7) is 7.22. The minimum atomic E-state index is 0.493. The predicted octanol–water partition coefficient (Wildman–Crippen LogP) is 3.34. The lowest BCUT2D eigenvalue weighted by atomic mass is 9.69. The van der Waals surface area contributed by atoms with E-state index >= 15 is 0 Å². The van der Waals surface area contributed by atoms with Gasteiger partial charge >= 0.3 is 0 Å². The first-order valence-corrected chi connectivity index (χ1v) is 6.33. The van der Waals surface area contributed by atoms with Crippen molar-refractivity contribution in [1.82, 2.24) is 5.32 Å². The summed E-state index contributed by atoms with van der Waals surface area (Å²) in [7, 11) is 0. The van der Waals surface area contributed by atoms with E-state index in [9.17, 15) is 0 Å². The Balaban J connectivity index is 1.95. The van der Waals surface area contributed by atoms with Crippen LogP contribution in [0.4, 0.5) is 0 Å². The van der Waals surface area contributed by atoms with Crippen LogP contribution < -0.4 is 5.32 Å². The van der Waals surface area contributed by atoms with Crippen LogP contribution in [0.2, 0.25) is 0 Å². The van der Waals surface area contributed by atoms with Gasteiger partial charge in [0.15, 0.2) is 0 Å². The average Bonchev–Trinajstić information content (AvgIpc) is 2.87. The summed E-state index contributed by atoms with van der Waals surface area (Å²) >= 11 is 0. The lowest BCUT2D eigenvalue weighted by Gasteiger charge is -2.41. The van der Waals surface area contributed by atoms with Gasteiger partial charge in [0.05, 0.1) is 0 Å². The molecule has 14 heavy (non-hydrogen) atoms. The van der Waals surface area contributed by atoms with E-state index in [2.05, 4.69) is 26.1 Å². The Hall–Kier alpha value is -0.0400. The molecule has 0 aromatic rings. The average molecular weight is 195 g/mol. The van der Waals surface area contributed by atoms with Gasteiger partial charge in [-0.25, -0.2) is 0 Å². The van der Waals surface area contributed by atoms with E-state index in [0.717, 1.165) is 18.0 Å². The Bertz CT molecular complexity index is 188. The van der Waals surface area contributed by atoms with E-state index in [-0.39, 0.29) is 0 Å². The first-order valence-electron chi connectivity index (χ1n) is 6.33. The van der Waals surface area contributed by atoms with Crippen molar-refractivity contribution >= 4 is 0 Å². The topological polar surface area (TPSA) is 12.0 Å². The Kier molecular flexibility index (Phi) is 2.88. The van der Waals surface area contributed by atoms with Crippen molar-refractivity contribution in [2.75, 3.05) is 0 Å². The van der Waals surface area contributed by atoms with Crippen molar-refractivity contribution in [3.8, 4) is 0 Å². The third-order valence-corrected chi connectivity index (χ3v) is 3.91. The first kappa shape index (κ1) is 10.5. The molecule has 82 valence electrons. The van der Waals surface area contributed by atoms with E-state index in [0.29, 0.717) is 5.41 Å². The van der Waals surface area contributed by atoms with Gasteiger partial charge in [-0.3, -0.25) is 0 Å². The van der Waals surface area contributed by atoms with Crippen molar-refractivity contribution in [3.63, 3.8) is 0 Å². The summed E-state index contributed by atoms with van der Waals surface area (Å²) in [5.74, 6) is 0.900. The molecule has 0 radical (unpaired) electrons. The lowest BCUT2D eigenvalue weighted by molar-refractivity contribution is 0.130. The van der Waals surface area contributed by atoms with E-state index in [1.807, 2.05) is 0 Å². The Labute approximate surface area is 88.7 Å². The number of rotatable bonds is 2. The molecular weight excluding hydrogens is 170 g/mol. The number of hydrogen-bond acceptors (Lipinski definition) is 1. The molecule has 2 saturated carbocycles. The van der Waals surface area contributed by atoms with Crippen molar-refractivity contribution in [1.29, 1.82) is 0 Å². The van der Waals surface area contributed by atoms with E-state index in [4.69, 9.17) is 0 Å². The molecular formula is C13H25N. The largest absolute Gasteiger partial charge is 0.311 e. The van der Waals surface area contributed by atoms with Gasteiger partial charge in [0.25, 0.3) is 0 Å². The third-order valence-electron chi connectivity index (χ3n) is 3.91. The molecule has 2 fully saturated rings. The van der Waals surface area contributed by atoms with Crippen LogP contribution in [0.1, 0.15) is 59.3 Å². The molecule has 0 unspecified atom stereocenters. The van der Waals surface area contributed by atoms with Gasteiger partial charge in [-0.15, -0.1) is 0 Å². The minimum Gasteiger partial charge on any atom is -0.311 e. The summed E-state index contributed by atoms with van der Waals surface area (Å²) in [5.41, 5.74) is 0.493. The fourth-order valence-electron chi connectivity index (χ4n) is 2.92. The fraction of sp³-hybridized carbons (Fsp3) is 1.00. The van der Waals surface area contributed by atoms with Gasteiger partial charge in [-0.05, 0) is 37.0 Å². The van der Waals surface area contributed by atoms with Gasteiger partial charge < -0.3 is 5.32 Å². The van der Waals surface area contributed by atoms with Crippen LogP contribution in [0.5, 0.6) is 0 Å². The summed E-state index contributed by atoms with van der Waals surface area (Å²) in [4.78, 5) is 0. The maximum absolute atomic E-state index is 3.85. The lowest BCUT2D eigenvalue weighted by Crippen LogP contribution is -2.45. The van der Waals surface area contributed by atoms with Crippen LogP contribution in [-0.4, -0.2) is 12.1 Å². The maximum Gasteiger partial charge on any atom is 0.0103 e. The smallest absolute Gasteiger partial charge is 0.0103 e. The van der Waals surface area contributed by atoms with Crippen molar-refractivity contribution in [2.45, 2.75) is 71.4 Å². The highest BCUT2D eigenvalue weighted by atomic mass is 15.0. The highest BCUT2D eigenvalue weighted by Gasteiger charge is 2.36. The van der Waals surface area contributed by atoms with Gasteiger partial charge in [-0.2, -0.15) is 0 Å². The molecule has 0 aromatic heterocycles. The molecule has 0 amide bonds. The van der Waals surface area contributed by atoms with Crippen LogP contribution in [-0.2, 0) is 0 Å². The Morgan fingerprint density at radius 1 is 0.929 bits per heavy atom. The van der Waals surface area contributed by atoms with Crippen LogP contribution in [0.25, 0.3) is 0 Å². The number of hydrogen-bond donors (Lipinski definition) is 1. The molecule has 0 bridgehead atoms. The van der Waals surface area contributed by atoms with Crippen LogP contribution in [0.15, 0.2) is 0 Å². The first-order chi connectivity index (χ1) is 6.57. The van der Waals surface area contributed by atoms with Crippen LogP contribution in [0, 0.1) is 11.3 Å². The van der Waals surface area contributed by atoms with Crippen LogP contribution >= 0.6 is 0 Å². The number of nitrogens with one attached hydrogen (secondary N) is 1. The molecule has 0 saturated heterocycles. The summed E-state index contributed by atoms with van der Waals surface area (Å²) in [6, 6.07) is 1.69. The van der Waals surface area contributed by atoms with Gasteiger partial charge in [0, 0.05) is 12.1 Å². The van der Waals surface area contributed by atoms with Crippen LogP contribution in [0.3, 0.4) is 0 Å². The van der Waals surface area contributed by atoms with Gasteiger partial charge in [-0.1, -0.05) is 33.6 Å². The molecule has 0 aromatic carbocycles. The predicted molar refractivity (Wildman–Crippen MR) is 61.4 cm³/mol. The molecule has 1 N–H and O–H groups in total. The fourth-order valence-corrected chi connectivity index (χ4v) is 2.92. The Morgan fingerprint density at radius 2 is 1.57 bits per heavy atom. The quantitative estimate of drug-likeness (QED) is 0.712. The monoisotopic (exact) mass is 195 g/mol. The molecule has 0 spiro atoms. The summed E-state index contributed by atoms with van der Waals surface area (Å²) in [5, 5.41) is 3.85. The van der Waals surface area contributed by atoms with E-state index in [1.54, 1.807) is 0 Å². The summed E-state index contributed by atoms with van der Waals surface area (Å²) in [6.07, 6.45) is 8.59.